The van der Waals surface area contributed by atoms with Crippen molar-refractivity contribution < 1.29 is 22.3 Å². The van der Waals surface area contributed by atoms with Gasteiger partial charge in [0.2, 0.25) is 0 Å². The highest BCUT2D eigenvalue weighted by atomic mass is 35.5. The molecule has 0 atom stereocenters. The van der Waals surface area contributed by atoms with Gasteiger partial charge < -0.3 is 10.1 Å². The van der Waals surface area contributed by atoms with Crippen molar-refractivity contribution in [2.24, 2.45) is 0 Å². The van der Waals surface area contributed by atoms with Gasteiger partial charge in [-0.05, 0) is 60.7 Å². The lowest BCUT2D eigenvalue weighted by Crippen LogP contribution is -2.27. The van der Waals surface area contributed by atoms with E-state index in [1.54, 1.807) is 24.3 Å². The van der Waals surface area contributed by atoms with Gasteiger partial charge in [-0.25, -0.2) is 12.8 Å². The Balaban J connectivity index is 1.92. The van der Waals surface area contributed by atoms with Gasteiger partial charge in [0.05, 0.1) is 39.0 Å². The fraction of sp³-hybridized carbons (Fsp3) is 0.0952. The van der Waals surface area contributed by atoms with E-state index >= 15 is 0 Å². The zero-order chi connectivity index (χ0) is 22.8. The van der Waals surface area contributed by atoms with Crippen LogP contribution in [0.1, 0.15) is 10.4 Å². The van der Waals surface area contributed by atoms with Crippen LogP contribution in [0.25, 0.3) is 0 Å². The molecular weight excluding hydrogens is 466 g/mol. The summed E-state index contributed by atoms with van der Waals surface area (Å²) in [6.45, 7) is 0. The van der Waals surface area contributed by atoms with Crippen molar-refractivity contribution in [3.8, 4) is 5.75 Å². The van der Waals surface area contributed by atoms with Crippen molar-refractivity contribution >= 4 is 50.5 Å². The summed E-state index contributed by atoms with van der Waals surface area (Å²) in [5, 5.41) is 2.54. The largest absolute Gasteiger partial charge is 0.497 e. The molecular formula is C21H17Cl2FN2O4S. The van der Waals surface area contributed by atoms with E-state index in [-0.39, 0.29) is 26.2 Å². The zero-order valence-corrected chi connectivity index (χ0v) is 18.7. The third-order valence-electron chi connectivity index (χ3n) is 4.46. The first-order chi connectivity index (χ1) is 14.6. The summed E-state index contributed by atoms with van der Waals surface area (Å²) in [7, 11) is -1.09. The summed E-state index contributed by atoms with van der Waals surface area (Å²) in [6, 6.07) is 13.7. The zero-order valence-electron chi connectivity index (χ0n) is 16.4. The molecule has 0 bridgehead atoms. The summed E-state index contributed by atoms with van der Waals surface area (Å²) in [4.78, 5) is 12.6. The Labute approximate surface area is 189 Å². The molecule has 0 saturated carbocycles. The molecule has 3 aromatic rings. The Bertz CT molecular complexity index is 1230. The number of benzene rings is 3. The lowest BCUT2D eigenvalue weighted by atomic mass is 10.2. The number of carbonyl (C=O) groups excluding carboxylic acids is 1. The SMILES string of the molecule is COc1ccc(N(C)S(=O)(=O)c2ccc(Cl)c(C(=O)Nc3ccc(F)cc3Cl)c2)cc1. The Kier molecular flexibility index (Phi) is 6.74. The number of methoxy groups -OCH3 is 1. The molecule has 0 aliphatic carbocycles. The number of halogens is 3. The number of ether oxygens (including phenoxy) is 1. The van der Waals surface area contributed by atoms with Crippen LogP contribution >= 0.6 is 23.2 Å². The van der Waals surface area contributed by atoms with Gasteiger partial charge in [-0.3, -0.25) is 9.10 Å². The molecule has 0 aliphatic rings. The number of nitrogens with one attached hydrogen (secondary N) is 1. The maximum atomic E-state index is 13.2. The molecule has 0 aromatic heterocycles. The van der Waals surface area contributed by atoms with Gasteiger partial charge in [0, 0.05) is 7.05 Å². The molecule has 0 aliphatic heterocycles. The van der Waals surface area contributed by atoms with Crippen LogP contribution in [0.15, 0.2) is 65.6 Å². The van der Waals surface area contributed by atoms with E-state index < -0.39 is 21.7 Å². The molecule has 0 radical (unpaired) electrons. The molecule has 3 rings (SSSR count). The highest BCUT2D eigenvalue weighted by molar-refractivity contribution is 7.92. The van der Waals surface area contributed by atoms with Crippen LogP contribution in [0.3, 0.4) is 0 Å². The third-order valence-corrected chi connectivity index (χ3v) is 6.88. The molecule has 162 valence electrons. The molecule has 0 spiro atoms. The van der Waals surface area contributed by atoms with Crippen molar-refractivity contribution in [3.05, 3.63) is 82.1 Å². The summed E-state index contributed by atoms with van der Waals surface area (Å²) in [5.41, 5.74) is 0.485. The van der Waals surface area contributed by atoms with E-state index in [0.717, 1.165) is 16.4 Å². The number of rotatable bonds is 6. The monoisotopic (exact) mass is 482 g/mol. The highest BCUT2D eigenvalue weighted by Crippen LogP contribution is 2.28. The van der Waals surface area contributed by atoms with E-state index in [1.165, 1.54) is 38.4 Å². The van der Waals surface area contributed by atoms with Crippen molar-refractivity contribution in [3.63, 3.8) is 0 Å². The number of carbonyl (C=O) groups is 1. The maximum Gasteiger partial charge on any atom is 0.264 e. The smallest absolute Gasteiger partial charge is 0.264 e. The Hall–Kier alpha value is -2.81. The Morgan fingerprint density at radius 1 is 1.00 bits per heavy atom. The average molecular weight is 483 g/mol. The molecule has 10 heteroatoms. The second-order valence-electron chi connectivity index (χ2n) is 6.39. The number of nitrogens with zero attached hydrogens (tertiary/aromatic N) is 1. The Morgan fingerprint density at radius 3 is 2.29 bits per heavy atom. The van der Waals surface area contributed by atoms with E-state index in [1.807, 2.05) is 0 Å². The molecule has 3 aromatic carbocycles. The molecule has 0 fully saturated rings. The fourth-order valence-electron chi connectivity index (χ4n) is 2.71. The summed E-state index contributed by atoms with van der Waals surface area (Å²) in [6.07, 6.45) is 0. The number of hydrogen-bond acceptors (Lipinski definition) is 4. The predicted molar refractivity (Wildman–Crippen MR) is 119 cm³/mol. The second-order valence-corrected chi connectivity index (χ2v) is 9.17. The van der Waals surface area contributed by atoms with Crippen LogP contribution in [0.5, 0.6) is 5.75 Å². The first-order valence-corrected chi connectivity index (χ1v) is 11.0. The summed E-state index contributed by atoms with van der Waals surface area (Å²) in [5.74, 6) is -0.669. The van der Waals surface area contributed by atoms with Crippen LogP contribution in [0.4, 0.5) is 15.8 Å². The van der Waals surface area contributed by atoms with Crippen LogP contribution < -0.4 is 14.4 Å². The minimum absolute atomic E-state index is 0.00696. The van der Waals surface area contributed by atoms with Crippen molar-refractivity contribution in [2.75, 3.05) is 23.8 Å². The van der Waals surface area contributed by atoms with Gasteiger partial charge in [0.25, 0.3) is 15.9 Å². The van der Waals surface area contributed by atoms with E-state index in [9.17, 15) is 17.6 Å². The van der Waals surface area contributed by atoms with E-state index in [0.29, 0.717) is 11.4 Å². The molecule has 6 nitrogen and oxygen atoms in total. The maximum absolute atomic E-state index is 13.2. The first kappa shape index (κ1) is 22.9. The minimum Gasteiger partial charge on any atom is -0.497 e. The number of hydrogen-bond donors (Lipinski definition) is 1. The predicted octanol–water partition coefficient (Wildman–Crippen LogP) is 5.22. The van der Waals surface area contributed by atoms with Crippen LogP contribution in [-0.4, -0.2) is 28.5 Å². The average Bonchev–Trinajstić information content (AvgIpc) is 2.75. The standard InChI is InChI=1S/C21H17Cl2FN2O4S/c1-26(14-4-6-15(30-2)7-5-14)31(28,29)16-8-9-18(22)17(12-16)21(27)25-20-10-3-13(24)11-19(20)23/h3-12H,1-2H3,(H,25,27). The topological polar surface area (TPSA) is 75.7 Å². The van der Waals surface area contributed by atoms with Gasteiger partial charge in [0.1, 0.15) is 11.6 Å². The molecule has 1 amide bonds. The molecule has 0 heterocycles. The lowest BCUT2D eigenvalue weighted by molar-refractivity contribution is 0.102. The first-order valence-electron chi connectivity index (χ1n) is 8.82. The number of sulfonamides is 1. The minimum atomic E-state index is -3.99. The second kappa shape index (κ2) is 9.13. The van der Waals surface area contributed by atoms with Crippen LogP contribution in [0, 0.1) is 5.82 Å². The van der Waals surface area contributed by atoms with Gasteiger partial charge in [-0.2, -0.15) is 0 Å². The quantitative estimate of drug-likeness (QED) is 0.522. The van der Waals surface area contributed by atoms with Crippen molar-refractivity contribution in [2.45, 2.75) is 4.90 Å². The summed E-state index contributed by atoms with van der Waals surface area (Å²) < 4.78 is 45.5. The van der Waals surface area contributed by atoms with Crippen molar-refractivity contribution in [1.29, 1.82) is 0 Å². The van der Waals surface area contributed by atoms with Crippen LogP contribution in [-0.2, 0) is 10.0 Å². The van der Waals surface area contributed by atoms with Gasteiger partial charge in [-0.1, -0.05) is 23.2 Å². The van der Waals surface area contributed by atoms with Gasteiger partial charge >= 0.3 is 0 Å². The van der Waals surface area contributed by atoms with E-state index in [4.69, 9.17) is 27.9 Å². The fourth-order valence-corrected chi connectivity index (χ4v) is 4.35. The molecule has 0 saturated heterocycles. The Morgan fingerprint density at radius 2 is 1.68 bits per heavy atom. The molecule has 31 heavy (non-hydrogen) atoms. The van der Waals surface area contributed by atoms with Gasteiger partial charge in [-0.15, -0.1) is 0 Å². The van der Waals surface area contributed by atoms with Crippen molar-refractivity contribution in [1.82, 2.24) is 0 Å². The number of anilines is 2. The normalized spacial score (nSPS) is 11.1. The third kappa shape index (κ3) is 4.92. The molecule has 0 unspecified atom stereocenters. The highest BCUT2D eigenvalue weighted by Gasteiger charge is 2.24. The van der Waals surface area contributed by atoms with Gasteiger partial charge in [0.15, 0.2) is 0 Å². The number of amides is 1. The van der Waals surface area contributed by atoms with E-state index in [2.05, 4.69) is 5.32 Å². The van der Waals surface area contributed by atoms with Crippen LogP contribution in [0.2, 0.25) is 10.0 Å². The molecule has 1 N–H and O–H groups in total. The lowest BCUT2D eigenvalue weighted by Gasteiger charge is -2.20. The summed E-state index contributed by atoms with van der Waals surface area (Å²) >= 11 is 12.1.